The summed E-state index contributed by atoms with van der Waals surface area (Å²) in [5.41, 5.74) is 8.76. The minimum absolute atomic E-state index is 0.599. The molecule has 8 rings (SSSR count). The maximum Gasteiger partial charge on any atom is 0.164 e. The molecule has 6 nitrogen and oxygen atoms in total. The topological polar surface area (TPSA) is 73.7 Å². The fourth-order valence-electron chi connectivity index (χ4n) is 5.62. The molecule has 0 saturated heterocycles. The molecular formula is C43H29N5O. The lowest BCUT2D eigenvalue weighted by molar-refractivity contribution is 0.483. The quantitative estimate of drug-likeness (QED) is 0.166. The summed E-state index contributed by atoms with van der Waals surface area (Å²) >= 11 is 0. The molecule has 8 aromatic rings. The highest BCUT2D eigenvalue weighted by Crippen LogP contribution is 2.33. The van der Waals surface area contributed by atoms with Gasteiger partial charge in [-0.05, 0) is 90.0 Å². The van der Waals surface area contributed by atoms with E-state index in [-0.39, 0.29) is 0 Å². The van der Waals surface area contributed by atoms with Crippen molar-refractivity contribution in [1.29, 1.82) is 0 Å². The van der Waals surface area contributed by atoms with Gasteiger partial charge < -0.3 is 4.74 Å². The number of nitrogens with zero attached hydrogens (tertiary/aromatic N) is 5. The van der Waals surface area contributed by atoms with E-state index in [1.54, 1.807) is 0 Å². The van der Waals surface area contributed by atoms with E-state index in [1.165, 1.54) is 0 Å². The monoisotopic (exact) mass is 631 g/mol. The Labute approximate surface area is 284 Å². The van der Waals surface area contributed by atoms with Gasteiger partial charge in [-0.3, -0.25) is 9.97 Å². The van der Waals surface area contributed by atoms with Gasteiger partial charge in [0, 0.05) is 40.2 Å². The van der Waals surface area contributed by atoms with E-state index >= 15 is 0 Å². The molecule has 0 bridgehead atoms. The van der Waals surface area contributed by atoms with Crippen molar-refractivity contribution in [3.8, 4) is 79.3 Å². The summed E-state index contributed by atoms with van der Waals surface area (Å²) in [5.74, 6) is 3.30. The fourth-order valence-corrected chi connectivity index (χ4v) is 5.62. The van der Waals surface area contributed by atoms with Gasteiger partial charge in [-0.15, -0.1) is 0 Å². The molecule has 0 fully saturated rings. The first kappa shape index (κ1) is 29.6. The van der Waals surface area contributed by atoms with E-state index in [9.17, 15) is 0 Å². The van der Waals surface area contributed by atoms with Crippen LogP contribution in [0.15, 0.2) is 176 Å². The second-order valence-corrected chi connectivity index (χ2v) is 11.4. The highest BCUT2D eigenvalue weighted by molar-refractivity contribution is 5.79. The number of benzene rings is 5. The van der Waals surface area contributed by atoms with Gasteiger partial charge in [0.05, 0.1) is 11.4 Å². The van der Waals surface area contributed by atoms with Crippen LogP contribution in [0.5, 0.6) is 11.5 Å². The van der Waals surface area contributed by atoms with E-state index in [0.717, 1.165) is 56.1 Å². The van der Waals surface area contributed by atoms with Crippen molar-refractivity contribution in [1.82, 2.24) is 24.9 Å². The van der Waals surface area contributed by atoms with E-state index in [0.29, 0.717) is 23.2 Å². The molecule has 0 aliphatic carbocycles. The highest BCUT2D eigenvalue weighted by atomic mass is 16.5. The average molecular weight is 632 g/mol. The van der Waals surface area contributed by atoms with Crippen LogP contribution in [0, 0.1) is 0 Å². The molecule has 0 N–H and O–H groups in total. The molecule has 3 heterocycles. The summed E-state index contributed by atoms with van der Waals surface area (Å²) < 4.78 is 6.26. The van der Waals surface area contributed by atoms with Gasteiger partial charge in [0.2, 0.25) is 0 Å². The Morgan fingerprint density at radius 1 is 0.306 bits per heavy atom. The molecule has 0 spiro atoms. The summed E-state index contributed by atoms with van der Waals surface area (Å²) in [4.78, 5) is 23.6. The fraction of sp³-hybridized carbons (Fsp3) is 0. The minimum atomic E-state index is 0.599. The van der Waals surface area contributed by atoms with Crippen LogP contribution >= 0.6 is 0 Å². The molecule has 0 radical (unpaired) electrons. The summed E-state index contributed by atoms with van der Waals surface area (Å²) in [5, 5.41) is 0. The maximum absolute atomic E-state index is 6.26. The van der Waals surface area contributed by atoms with Gasteiger partial charge in [-0.1, -0.05) is 84.9 Å². The van der Waals surface area contributed by atoms with Crippen LogP contribution in [-0.2, 0) is 0 Å². The second kappa shape index (κ2) is 13.5. The normalized spacial score (nSPS) is 10.9. The maximum atomic E-state index is 6.26. The van der Waals surface area contributed by atoms with Gasteiger partial charge in [0.1, 0.15) is 11.5 Å². The number of hydrogen-bond donors (Lipinski definition) is 0. The zero-order valence-electron chi connectivity index (χ0n) is 26.4. The van der Waals surface area contributed by atoms with Crippen LogP contribution in [0.4, 0.5) is 0 Å². The number of hydrogen-bond acceptors (Lipinski definition) is 6. The lowest BCUT2D eigenvalue weighted by Crippen LogP contribution is -2.00. The Balaban J connectivity index is 1.06. The molecule has 0 atom stereocenters. The van der Waals surface area contributed by atoms with Crippen molar-refractivity contribution < 1.29 is 4.74 Å². The SMILES string of the molecule is c1ccc(-c2nc(-c3ccccc3)nc(-c3ccc(Oc4ccc(-c5cc(-c6ccccn6)cc(-c6ccccn6)c5)cc4)cc3)n2)cc1. The van der Waals surface area contributed by atoms with Crippen LogP contribution in [-0.4, -0.2) is 24.9 Å². The third-order valence-electron chi connectivity index (χ3n) is 8.09. The molecule has 0 aliphatic heterocycles. The third-order valence-corrected chi connectivity index (χ3v) is 8.09. The summed E-state index contributed by atoms with van der Waals surface area (Å²) in [6, 6.07) is 54.2. The first-order valence-electron chi connectivity index (χ1n) is 16.0. The Hall–Kier alpha value is -6.79. The van der Waals surface area contributed by atoms with E-state index in [4.69, 9.17) is 19.7 Å². The molecule has 0 amide bonds. The summed E-state index contributed by atoms with van der Waals surface area (Å²) in [6.07, 6.45) is 3.63. The van der Waals surface area contributed by atoms with E-state index in [2.05, 4.69) is 40.3 Å². The van der Waals surface area contributed by atoms with Crippen LogP contribution in [0.2, 0.25) is 0 Å². The molecule has 0 saturated carbocycles. The van der Waals surface area contributed by atoms with Gasteiger partial charge in [0.15, 0.2) is 17.5 Å². The summed E-state index contributed by atoms with van der Waals surface area (Å²) in [6.45, 7) is 0. The molecule has 49 heavy (non-hydrogen) atoms. The van der Waals surface area contributed by atoms with Crippen LogP contribution in [0.25, 0.3) is 67.8 Å². The third kappa shape index (κ3) is 6.70. The van der Waals surface area contributed by atoms with Crippen LogP contribution < -0.4 is 4.74 Å². The van der Waals surface area contributed by atoms with E-state index < -0.39 is 0 Å². The number of ether oxygens (including phenoxy) is 1. The van der Waals surface area contributed by atoms with Crippen molar-refractivity contribution in [3.63, 3.8) is 0 Å². The lowest BCUT2D eigenvalue weighted by Gasteiger charge is -2.12. The Morgan fingerprint density at radius 2 is 0.694 bits per heavy atom. The van der Waals surface area contributed by atoms with Gasteiger partial charge in [-0.2, -0.15) is 0 Å². The largest absolute Gasteiger partial charge is 0.457 e. The van der Waals surface area contributed by atoms with Crippen molar-refractivity contribution >= 4 is 0 Å². The van der Waals surface area contributed by atoms with Crippen molar-refractivity contribution in [3.05, 3.63) is 176 Å². The zero-order valence-corrected chi connectivity index (χ0v) is 26.4. The molecule has 5 aromatic carbocycles. The average Bonchev–Trinajstić information content (AvgIpc) is 3.19. The lowest BCUT2D eigenvalue weighted by atomic mass is 9.96. The number of rotatable bonds is 8. The molecule has 6 heteroatoms. The first-order chi connectivity index (χ1) is 24.2. The highest BCUT2D eigenvalue weighted by Gasteiger charge is 2.13. The van der Waals surface area contributed by atoms with Crippen molar-refractivity contribution in [2.45, 2.75) is 0 Å². The Morgan fingerprint density at radius 3 is 1.12 bits per heavy atom. The van der Waals surface area contributed by atoms with Gasteiger partial charge in [0.25, 0.3) is 0 Å². The van der Waals surface area contributed by atoms with Gasteiger partial charge >= 0.3 is 0 Å². The standard InChI is InChI=1S/C43H29N5O/c1-3-11-31(12-4-1)41-46-42(32-13-5-2-6-14-32)48-43(47-41)33-19-23-38(24-20-33)49-37-21-17-30(18-22-37)34-27-35(39-15-7-9-25-44-39)29-36(28-34)40-16-8-10-26-45-40/h1-29H. The van der Waals surface area contributed by atoms with Crippen molar-refractivity contribution in [2.75, 3.05) is 0 Å². The zero-order chi connectivity index (χ0) is 32.8. The number of aromatic nitrogens is 5. The number of pyridine rings is 2. The predicted molar refractivity (Wildman–Crippen MR) is 195 cm³/mol. The smallest absolute Gasteiger partial charge is 0.164 e. The van der Waals surface area contributed by atoms with E-state index in [1.807, 2.05) is 146 Å². The summed E-state index contributed by atoms with van der Waals surface area (Å²) in [7, 11) is 0. The molecular weight excluding hydrogens is 603 g/mol. The molecule has 0 unspecified atom stereocenters. The predicted octanol–water partition coefficient (Wildman–Crippen LogP) is 10.5. The molecule has 232 valence electrons. The Kier molecular flexibility index (Phi) is 8.17. The first-order valence-corrected chi connectivity index (χ1v) is 16.0. The van der Waals surface area contributed by atoms with Crippen LogP contribution in [0.1, 0.15) is 0 Å². The Bertz CT molecular complexity index is 2030. The van der Waals surface area contributed by atoms with Crippen molar-refractivity contribution in [2.24, 2.45) is 0 Å². The van der Waals surface area contributed by atoms with Crippen LogP contribution in [0.3, 0.4) is 0 Å². The van der Waals surface area contributed by atoms with Gasteiger partial charge in [-0.25, -0.2) is 15.0 Å². The molecule has 0 aliphatic rings. The second-order valence-electron chi connectivity index (χ2n) is 11.4. The molecule has 3 aromatic heterocycles. The minimum Gasteiger partial charge on any atom is -0.457 e.